The molecular formula is C18H36. The minimum atomic E-state index is 1.50. The summed E-state index contributed by atoms with van der Waals surface area (Å²) < 4.78 is 0. The summed E-state index contributed by atoms with van der Waals surface area (Å²) in [5.74, 6) is 0. The van der Waals surface area contributed by atoms with E-state index in [2.05, 4.69) is 0 Å². The first-order valence-electron chi connectivity index (χ1n) is 9.00. The Morgan fingerprint density at radius 3 is 0.167 bits per heavy atom. The Labute approximate surface area is 116 Å². The van der Waals surface area contributed by atoms with Crippen LogP contribution in [0.3, 0.4) is 0 Å². The molecule has 6 fully saturated rings. The van der Waals surface area contributed by atoms with E-state index in [-0.39, 0.29) is 0 Å². The molecule has 108 valence electrons. The summed E-state index contributed by atoms with van der Waals surface area (Å²) in [6.45, 7) is 0. The van der Waals surface area contributed by atoms with Crippen LogP contribution in [0.1, 0.15) is 116 Å². The predicted octanol–water partition coefficient (Wildman–Crippen LogP) is 7.02. The van der Waals surface area contributed by atoms with Gasteiger partial charge in [-0.2, -0.15) is 0 Å². The smallest absolute Gasteiger partial charge is 0.0533 e. The zero-order chi connectivity index (χ0) is 12.7. The summed E-state index contributed by atoms with van der Waals surface area (Å²) in [7, 11) is 0. The molecule has 6 saturated carbocycles. The monoisotopic (exact) mass is 252 g/mol. The van der Waals surface area contributed by atoms with Crippen molar-refractivity contribution < 1.29 is 0 Å². The average molecular weight is 252 g/mol. The summed E-state index contributed by atoms with van der Waals surface area (Å²) in [5, 5.41) is 0. The standard InChI is InChI=1S/6C3H6/c6*1-2-3-1/h6*1-3H2. The lowest BCUT2D eigenvalue weighted by molar-refractivity contribution is 1.50. The highest BCUT2D eigenvalue weighted by Crippen LogP contribution is 2.16. The maximum Gasteiger partial charge on any atom is -0.0533 e. The third-order valence-electron chi connectivity index (χ3n) is 2.12. The fraction of sp³-hybridized carbons (Fsp3) is 1.00. The molecule has 6 aliphatic rings. The van der Waals surface area contributed by atoms with E-state index in [1.807, 2.05) is 0 Å². The number of rotatable bonds is 0. The molecule has 0 nitrogen and oxygen atoms in total. The number of hydrogen-bond acceptors (Lipinski definition) is 0. The Balaban J connectivity index is 0.000000108. The first kappa shape index (κ1) is 16.1. The SMILES string of the molecule is C1CC1.C1CC1.C1CC1.C1CC1.C1CC1.C1CC1. The summed E-state index contributed by atoms with van der Waals surface area (Å²) in [5.41, 5.74) is 0. The summed E-state index contributed by atoms with van der Waals surface area (Å²) in [6.07, 6.45) is 27.0. The van der Waals surface area contributed by atoms with Crippen molar-refractivity contribution in [2.24, 2.45) is 0 Å². The average Bonchev–Trinajstić information content (AvgIpc) is 3.33. The summed E-state index contributed by atoms with van der Waals surface area (Å²) in [6, 6.07) is 0. The molecule has 6 aliphatic carbocycles. The zero-order valence-corrected chi connectivity index (χ0v) is 12.7. The lowest BCUT2D eigenvalue weighted by Crippen LogP contribution is -0.856. The van der Waals surface area contributed by atoms with E-state index in [1.165, 1.54) is 116 Å². The topological polar surface area (TPSA) is 0 Å². The molecule has 0 radical (unpaired) electrons. The molecule has 0 unspecified atom stereocenters. The van der Waals surface area contributed by atoms with Crippen molar-refractivity contribution in [1.29, 1.82) is 0 Å². The van der Waals surface area contributed by atoms with Crippen LogP contribution in [0.5, 0.6) is 0 Å². The van der Waals surface area contributed by atoms with Crippen molar-refractivity contribution in [3.8, 4) is 0 Å². The Morgan fingerprint density at radius 1 is 0.111 bits per heavy atom. The van der Waals surface area contributed by atoms with Crippen LogP contribution in [0, 0.1) is 0 Å². The van der Waals surface area contributed by atoms with E-state index in [0.717, 1.165) is 0 Å². The third-order valence-corrected chi connectivity index (χ3v) is 2.12. The summed E-state index contributed by atoms with van der Waals surface area (Å²) in [4.78, 5) is 0. The maximum atomic E-state index is 1.50. The fourth-order valence-electron chi connectivity index (χ4n) is 0. The van der Waals surface area contributed by atoms with Crippen LogP contribution in [0.25, 0.3) is 0 Å². The lowest BCUT2D eigenvalue weighted by Gasteiger charge is -1.05. The third kappa shape index (κ3) is 100. The number of hydrogen-bond donors (Lipinski definition) is 0. The first-order valence-corrected chi connectivity index (χ1v) is 9.00. The van der Waals surface area contributed by atoms with Crippen molar-refractivity contribution in [1.82, 2.24) is 0 Å². The van der Waals surface area contributed by atoms with Crippen molar-refractivity contribution in [2.75, 3.05) is 0 Å². The van der Waals surface area contributed by atoms with E-state index in [4.69, 9.17) is 0 Å². The molecule has 0 aliphatic heterocycles. The fourth-order valence-corrected chi connectivity index (χ4v) is 0. The summed E-state index contributed by atoms with van der Waals surface area (Å²) >= 11 is 0. The van der Waals surface area contributed by atoms with Gasteiger partial charge in [-0.15, -0.1) is 0 Å². The van der Waals surface area contributed by atoms with E-state index in [1.54, 1.807) is 0 Å². The van der Waals surface area contributed by atoms with Gasteiger partial charge in [0.25, 0.3) is 0 Å². The molecular weight excluding hydrogens is 216 g/mol. The molecule has 0 N–H and O–H groups in total. The van der Waals surface area contributed by atoms with Gasteiger partial charge in [-0.05, 0) is 0 Å². The van der Waals surface area contributed by atoms with E-state index >= 15 is 0 Å². The molecule has 0 spiro atoms. The van der Waals surface area contributed by atoms with E-state index in [9.17, 15) is 0 Å². The minimum Gasteiger partial charge on any atom is -0.0533 e. The molecule has 0 amide bonds. The van der Waals surface area contributed by atoms with Crippen LogP contribution >= 0.6 is 0 Å². The Bertz CT molecular complexity index is 75.1. The molecule has 0 bridgehead atoms. The minimum absolute atomic E-state index is 1.50. The maximum absolute atomic E-state index is 1.50. The van der Waals surface area contributed by atoms with Crippen molar-refractivity contribution in [2.45, 2.75) is 116 Å². The van der Waals surface area contributed by atoms with Crippen LogP contribution < -0.4 is 0 Å². The van der Waals surface area contributed by atoms with Crippen LogP contribution in [0.2, 0.25) is 0 Å². The Kier molecular flexibility index (Phi) is 12.0. The first-order chi connectivity index (χ1) is 9.00. The lowest BCUT2D eigenvalue weighted by atomic mass is 11.0. The Hall–Kier alpha value is 0. The van der Waals surface area contributed by atoms with Gasteiger partial charge in [0.2, 0.25) is 0 Å². The molecule has 18 heavy (non-hydrogen) atoms. The van der Waals surface area contributed by atoms with Crippen LogP contribution in [-0.2, 0) is 0 Å². The van der Waals surface area contributed by atoms with Gasteiger partial charge in [-0.1, -0.05) is 116 Å². The highest BCUT2D eigenvalue weighted by atomic mass is 14.0. The predicted molar refractivity (Wildman–Crippen MR) is 83.1 cm³/mol. The molecule has 0 aromatic heterocycles. The van der Waals surface area contributed by atoms with E-state index < -0.39 is 0 Å². The second-order valence-corrected chi connectivity index (χ2v) is 6.36. The van der Waals surface area contributed by atoms with Gasteiger partial charge in [0.1, 0.15) is 0 Å². The zero-order valence-electron chi connectivity index (χ0n) is 12.7. The molecule has 6 rings (SSSR count). The second-order valence-electron chi connectivity index (χ2n) is 6.36. The van der Waals surface area contributed by atoms with Crippen molar-refractivity contribution >= 4 is 0 Å². The van der Waals surface area contributed by atoms with Gasteiger partial charge < -0.3 is 0 Å². The van der Waals surface area contributed by atoms with Crippen molar-refractivity contribution in [3.05, 3.63) is 0 Å². The van der Waals surface area contributed by atoms with Crippen LogP contribution in [0.15, 0.2) is 0 Å². The van der Waals surface area contributed by atoms with E-state index in [0.29, 0.717) is 0 Å². The van der Waals surface area contributed by atoms with Crippen LogP contribution in [0.4, 0.5) is 0 Å². The molecule has 0 atom stereocenters. The van der Waals surface area contributed by atoms with Gasteiger partial charge in [0, 0.05) is 0 Å². The van der Waals surface area contributed by atoms with Gasteiger partial charge >= 0.3 is 0 Å². The molecule has 0 heterocycles. The Morgan fingerprint density at radius 2 is 0.167 bits per heavy atom. The van der Waals surface area contributed by atoms with Crippen molar-refractivity contribution in [3.63, 3.8) is 0 Å². The largest absolute Gasteiger partial charge is 0.0533 e. The van der Waals surface area contributed by atoms with Crippen LogP contribution in [-0.4, -0.2) is 0 Å². The van der Waals surface area contributed by atoms with Gasteiger partial charge in [-0.25, -0.2) is 0 Å². The molecule has 0 heteroatoms. The highest BCUT2D eigenvalue weighted by Gasteiger charge is 1.96. The highest BCUT2D eigenvalue weighted by molar-refractivity contribution is 4.52. The second kappa shape index (κ2) is 13.4. The quantitative estimate of drug-likeness (QED) is 0.434. The van der Waals surface area contributed by atoms with Gasteiger partial charge in [0.15, 0.2) is 0 Å². The van der Waals surface area contributed by atoms with Gasteiger partial charge in [0.05, 0.1) is 0 Å². The molecule has 0 aromatic carbocycles. The van der Waals surface area contributed by atoms with Gasteiger partial charge in [-0.3, -0.25) is 0 Å². The normalized spacial score (nSPS) is 24.0. The molecule has 0 saturated heterocycles. The molecule has 0 aromatic rings.